The maximum Gasteiger partial charge on any atom is 0.127 e. The van der Waals surface area contributed by atoms with Crippen LogP contribution in [-0.4, -0.2) is 4.57 Å². The second-order valence-corrected chi connectivity index (χ2v) is 11.6. The predicted molar refractivity (Wildman–Crippen MR) is 195 cm³/mol. The minimum atomic E-state index is 1.06. The summed E-state index contributed by atoms with van der Waals surface area (Å²) in [7, 11) is 0. The third-order valence-corrected chi connectivity index (χ3v) is 8.61. The molecule has 0 aliphatic heterocycles. The van der Waals surface area contributed by atoms with Gasteiger partial charge in [-0.2, -0.15) is 0 Å². The molecule has 0 spiro atoms. The highest BCUT2D eigenvalue weighted by Crippen LogP contribution is 2.46. The Balaban J connectivity index is 1.43. The molecule has 0 fully saturated rings. The Morgan fingerprint density at radius 2 is 0.804 bits per heavy atom. The van der Waals surface area contributed by atoms with Crippen LogP contribution in [0.25, 0.3) is 27.2 Å². The summed E-state index contributed by atoms with van der Waals surface area (Å²) in [5.41, 5.74) is 6.65. The standard InChI is InChI=1S/C43H33N3/c1-32-29-42(44(37-19-5-2-6-20-37)40-27-25-33-15-11-13-17-35(33)30-40)46(39-23-9-4-10-24-39)43(32)45(38-21-7-3-8-22-38)41-28-26-34-16-12-14-18-36(34)31-41/h2-31H,1H3. The van der Waals surface area contributed by atoms with Crippen molar-refractivity contribution in [3.63, 3.8) is 0 Å². The average Bonchev–Trinajstić information content (AvgIpc) is 3.45. The first-order valence-corrected chi connectivity index (χ1v) is 15.7. The number of anilines is 6. The molecule has 0 N–H and O–H groups in total. The van der Waals surface area contributed by atoms with Crippen LogP contribution in [0, 0.1) is 6.92 Å². The van der Waals surface area contributed by atoms with Crippen LogP contribution in [-0.2, 0) is 0 Å². The van der Waals surface area contributed by atoms with Gasteiger partial charge < -0.3 is 0 Å². The number of hydrogen-bond donors (Lipinski definition) is 0. The van der Waals surface area contributed by atoms with Gasteiger partial charge in [0.05, 0.1) is 0 Å². The number of benzene rings is 7. The average molecular weight is 592 g/mol. The van der Waals surface area contributed by atoms with Crippen LogP contribution in [0.5, 0.6) is 0 Å². The van der Waals surface area contributed by atoms with Crippen LogP contribution in [0.3, 0.4) is 0 Å². The fourth-order valence-corrected chi connectivity index (χ4v) is 6.47. The van der Waals surface area contributed by atoms with E-state index in [1.54, 1.807) is 0 Å². The second-order valence-electron chi connectivity index (χ2n) is 11.6. The van der Waals surface area contributed by atoms with Crippen molar-refractivity contribution >= 4 is 55.9 Å². The van der Waals surface area contributed by atoms with E-state index in [9.17, 15) is 0 Å². The Bertz CT molecular complexity index is 2270. The van der Waals surface area contributed by atoms with Gasteiger partial charge in [0, 0.05) is 28.4 Å². The lowest BCUT2D eigenvalue weighted by Crippen LogP contribution is -2.18. The summed E-state index contributed by atoms with van der Waals surface area (Å²) in [4.78, 5) is 4.77. The summed E-state index contributed by atoms with van der Waals surface area (Å²) < 4.78 is 2.40. The molecule has 0 bridgehead atoms. The second kappa shape index (κ2) is 11.8. The number of hydrogen-bond acceptors (Lipinski definition) is 2. The van der Waals surface area contributed by atoms with Gasteiger partial charge >= 0.3 is 0 Å². The smallest absolute Gasteiger partial charge is 0.127 e. The van der Waals surface area contributed by atoms with Gasteiger partial charge in [0.2, 0.25) is 0 Å². The van der Waals surface area contributed by atoms with Gasteiger partial charge in [-0.15, -0.1) is 0 Å². The fourth-order valence-electron chi connectivity index (χ4n) is 6.47. The molecular weight excluding hydrogens is 558 g/mol. The lowest BCUT2D eigenvalue weighted by atomic mass is 10.1. The van der Waals surface area contributed by atoms with E-state index in [0.717, 1.165) is 45.6 Å². The number of rotatable bonds is 7. The van der Waals surface area contributed by atoms with Crippen molar-refractivity contribution in [2.45, 2.75) is 6.92 Å². The third kappa shape index (κ3) is 4.98. The van der Waals surface area contributed by atoms with Gasteiger partial charge in [-0.1, -0.05) is 115 Å². The van der Waals surface area contributed by atoms with Crippen molar-refractivity contribution in [1.29, 1.82) is 0 Å². The quantitative estimate of drug-likeness (QED) is 0.183. The van der Waals surface area contributed by atoms with Crippen molar-refractivity contribution in [2.24, 2.45) is 0 Å². The highest BCUT2D eigenvalue weighted by Gasteiger charge is 2.27. The molecule has 8 rings (SSSR count). The number of para-hydroxylation sites is 3. The molecule has 46 heavy (non-hydrogen) atoms. The molecule has 3 nitrogen and oxygen atoms in total. The summed E-state index contributed by atoms with van der Waals surface area (Å²) in [5, 5.41) is 4.86. The van der Waals surface area contributed by atoms with Crippen molar-refractivity contribution < 1.29 is 0 Å². The minimum Gasteiger partial charge on any atom is -0.296 e. The Kier molecular flexibility index (Phi) is 7.05. The number of nitrogens with zero attached hydrogens (tertiary/aromatic N) is 3. The SMILES string of the molecule is Cc1cc(N(c2ccccc2)c2ccc3ccccc3c2)n(-c2ccccc2)c1N(c1ccccc1)c1ccc2ccccc2c1. The van der Waals surface area contributed by atoms with Crippen LogP contribution in [0.4, 0.5) is 34.4 Å². The highest BCUT2D eigenvalue weighted by molar-refractivity contribution is 5.92. The van der Waals surface area contributed by atoms with Gasteiger partial charge in [0.25, 0.3) is 0 Å². The monoisotopic (exact) mass is 591 g/mol. The van der Waals surface area contributed by atoms with Crippen molar-refractivity contribution in [3.8, 4) is 5.69 Å². The molecule has 1 heterocycles. The topological polar surface area (TPSA) is 11.4 Å². The first-order chi connectivity index (χ1) is 22.7. The molecular formula is C43H33N3. The predicted octanol–water partition coefficient (Wildman–Crippen LogP) is 12.0. The molecule has 1 aromatic heterocycles. The largest absolute Gasteiger partial charge is 0.296 e. The molecule has 0 atom stereocenters. The lowest BCUT2D eigenvalue weighted by Gasteiger charge is -2.31. The van der Waals surface area contributed by atoms with E-state index in [0.29, 0.717) is 0 Å². The number of aryl methyl sites for hydroxylation is 1. The van der Waals surface area contributed by atoms with E-state index >= 15 is 0 Å². The number of aromatic nitrogens is 1. The van der Waals surface area contributed by atoms with Gasteiger partial charge in [-0.05, 0) is 101 Å². The zero-order valence-electron chi connectivity index (χ0n) is 25.7. The molecule has 8 aromatic rings. The van der Waals surface area contributed by atoms with Crippen LogP contribution >= 0.6 is 0 Å². The minimum absolute atomic E-state index is 1.06. The molecule has 3 heteroatoms. The highest BCUT2D eigenvalue weighted by atomic mass is 15.3. The molecule has 0 aliphatic rings. The lowest BCUT2D eigenvalue weighted by molar-refractivity contribution is 1.01. The first-order valence-electron chi connectivity index (χ1n) is 15.7. The molecule has 0 unspecified atom stereocenters. The zero-order chi connectivity index (χ0) is 30.9. The van der Waals surface area contributed by atoms with Gasteiger partial charge in [0.15, 0.2) is 0 Å². The van der Waals surface area contributed by atoms with Crippen LogP contribution in [0.15, 0.2) is 182 Å². The molecule has 0 radical (unpaired) electrons. The van der Waals surface area contributed by atoms with E-state index in [4.69, 9.17) is 0 Å². The van der Waals surface area contributed by atoms with Gasteiger partial charge in [-0.3, -0.25) is 14.4 Å². The fraction of sp³-hybridized carbons (Fsp3) is 0.0233. The van der Waals surface area contributed by atoms with Gasteiger partial charge in [0.1, 0.15) is 11.6 Å². The molecule has 7 aromatic carbocycles. The van der Waals surface area contributed by atoms with Crippen molar-refractivity contribution in [2.75, 3.05) is 9.80 Å². The zero-order valence-corrected chi connectivity index (χ0v) is 25.7. The van der Waals surface area contributed by atoms with Gasteiger partial charge in [-0.25, -0.2) is 0 Å². The van der Waals surface area contributed by atoms with Crippen LogP contribution < -0.4 is 9.80 Å². The van der Waals surface area contributed by atoms with Crippen molar-refractivity contribution in [1.82, 2.24) is 4.57 Å². The van der Waals surface area contributed by atoms with Crippen molar-refractivity contribution in [3.05, 3.63) is 188 Å². The van der Waals surface area contributed by atoms with E-state index in [1.165, 1.54) is 21.5 Å². The normalized spacial score (nSPS) is 11.2. The molecule has 0 saturated carbocycles. The maximum absolute atomic E-state index is 2.40. The van der Waals surface area contributed by atoms with E-state index < -0.39 is 0 Å². The Labute approximate surface area is 269 Å². The summed E-state index contributed by atoms with van der Waals surface area (Å²) in [6.07, 6.45) is 0. The summed E-state index contributed by atoms with van der Waals surface area (Å²) >= 11 is 0. The Morgan fingerprint density at radius 1 is 0.370 bits per heavy atom. The first kappa shape index (κ1) is 27.5. The summed E-state index contributed by atoms with van der Waals surface area (Å²) in [6, 6.07) is 65.0. The molecule has 220 valence electrons. The van der Waals surface area contributed by atoms with Crippen LogP contribution in [0.2, 0.25) is 0 Å². The number of fused-ring (bicyclic) bond motifs is 2. The molecule has 0 saturated heterocycles. The summed E-state index contributed by atoms with van der Waals surface area (Å²) in [5.74, 6) is 2.14. The van der Waals surface area contributed by atoms with E-state index in [1.807, 2.05) is 0 Å². The third-order valence-electron chi connectivity index (χ3n) is 8.61. The Morgan fingerprint density at radius 3 is 1.35 bits per heavy atom. The van der Waals surface area contributed by atoms with E-state index in [-0.39, 0.29) is 0 Å². The van der Waals surface area contributed by atoms with E-state index in [2.05, 4.69) is 203 Å². The molecule has 0 aliphatic carbocycles. The summed E-state index contributed by atoms with van der Waals surface area (Å²) in [6.45, 7) is 2.22. The molecule has 0 amide bonds. The van der Waals surface area contributed by atoms with Crippen LogP contribution in [0.1, 0.15) is 5.56 Å². The maximum atomic E-state index is 2.40. The Hall–Kier alpha value is -6.06.